The molecule has 0 aliphatic carbocycles. The maximum atomic E-state index is 12.3. The molecule has 7 N–H and O–H groups in total. The lowest BCUT2D eigenvalue weighted by Gasteiger charge is -2.14. The van der Waals surface area contributed by atoms with Gasteiger partial charge in [-0.05, 0) is 19.3 Å². The van der Waals surface area contributed by atoms with Crippen molar-refractivity contribution in [3.8, 4) is 0 Å². The molecular weight excluding hydrogens is 758 g/mol. The lowest BCUT2D eigenvalue weighted by Crippen LogP contribution is -2.41. The van der Waals surface area contributed by atoms with Gasteiger partial charge in [0, 0.05) is 51.9 Å². The van der Waals surface area contributed by atoms with Crippen molar-refractivity contribution in [3.63, 3.8) is 0 Å². The zero-order chi connectivity index (χ0) is 42.9. The molecule has 0 aromatic carbocycles. The van der Waals surface area contributed by atoms with Crippen LogP contribution in [0.5, 0.6) is 0 Å². The number of ether oxygens (including phenoxy) is 4. The van der Waals surface area contributed by atoms with E-state index < -0.39 is 18.0 Å². The highest BCUT2D eigenvalue weighted by Gasteiger charge is 2.20. The number of amides is 5. The zero-order valence-corrected chi connectivity index (χ0v) is 34.9. The summed E-state index contributed by atoms with van der Waals surface area (Å²) in [7, 11) is 0. The molecule has 58 heavy (non-hydrogen) atoms. The van der Waals surface area contributed by atoms with Crippen molar-refractivity contribution >= 4 is 41.5 Å². The van der Waals surface area contributed by atoms with Crippen LogP contribution in [0.4, 0.5) is 0 Å². The van der Waals surface area contributed by atoms with Gasteiger partial charge in [0.25, 0.3) is 0 Å². The van der Waals surface area contributed by atoms with Crippen LogP contribution in [0.25, 0.3) is 0 Å². The van der Waals surface area contributed by atoms with E-state index in [0.29, 0.717) is 25.9 Å². The molecule has 0 aromatic heterocycles. The Hall–Kier alpha value is -3.87. The summed E-state index contributed by atoms with van der Waals surface area (Å²) in [5.74, 6) is -3.28. The second kappa shape index (κ2) is 39.9. The van der Waals surface area contributed by atoms with Crippen molar-refractivity contribution in [2.45, 2.75) is 135 Å². The molecule has 1 unspecified atom stereocenters. The zero-order valence-electron chi connectivity index (χ0n) is 34.9. The summed E-state index contributed by atoms with van der Waals surface area (Å²) in [5.41, 5.74) is 0. The monoisotopic (exact) mass is 832 g/mol. The van der Waals surface area contributed by atoms with Crippen molar-refractivity contribution in [1.82, 2.24) is 26.6 Å². The van der Waals surface area contributed by atoms with Crippen molar-refractivity contribution in [3.05, 3.63) is 0 Å². The van der Waals surface area contributed by atoms with E-state index in [1.165, 1.54) is 44.9 Å². The van der Waals surface area contributed by atoms with Gasteiger partial charge in [-0.1, -0.05) is 84.0 Å². The Morgan fingerprint density at radius 1 is 0.431 bits per heavy atom. The average Bonchev–Trinajstić information content (AvgIpc) is 3.19. The summed E-state index contributed by atoms with van der Waals surface area (Å²) in [4.78, 5) is 81.2. The van der Waals surface area contributed by atoms with Crippen LogP contribution >= 0.6 is 0 Å². The van der Waals surface area contributed by atoms with Gasteiger partial charge < -0.3 is 55.7 Å². The van der Waals surface area contributed by atoms with Crippen LogP contribution in [0.15, 0.2) is 0 Å². The third kappa shape index (κ3) is 39.0. The molecule has 0 saturated carbocycles. The summed E-state index contributed by atoms with van der Waals surface area (Å²) < 4.78 is 21.2. The second-order valence-electron chi connectivity index (χ2n) is 13.9. The maximum absolute atomic E-state index is 12.3. The number of rotatable bonds is 42. The Morgan fingerprint density at radius 3 is 1.28 bits per heavy atom. The summed E-state index contributed by atoms with van der Waals surface area (Å²) in [6, 6.07) is -1.14. The van der Waals surface area contributed by atoms with Gasteiger partial charge in [-0.15, -0.1) is 0 Å². The molecule has 0 radical (unpaired) electrons. The highest BCUT2D eigenvalue weighted by atomic mass is 16.5. The van der Waals surface area contributed by atoms with Gasteiger partial charge in [-0.25, -0.2) is 4.79 Å². The first kappa shape index (κ1) is 54.1. The molecule has 0 aliphatic heterocycles. The van der Waals surface area contributed by atoms with E-state index in [0.717, 1.165) is 38.5 Å². The second-order valence-corrected chi connectivity index (χ2v) is 13.9. The van der Waals surface area contributed by atoms with Gasteiger partial charge in [0.15, 0.2) is 0 Å². The number of carboxylic acids is 2. The van der Waals surface area contributed by atoms with Crippen molar-refractivity contribution in [2.24, 2.45) is 0 Å². The van der Waals surface area contributed by atoms with Gasteiger partial charge in [0.2, 0.25) is 29.5 Å². The molecule has 0 bridgehead atoms. The lowest BCUT2D eigenvalue weighted by molar-refractivity contribution is -0.142. The molecule has 0 aliphatic rings. The Labute approximate surface area is 344 Å². The fraction of sp³-hybridized carbons (Fsp3) is 0.825. The van der Waals surface area contributed by atoms with Gasteiger partial charge in [0.1, 0.15) is 19.3 Å². The summed E-state index contributed by atoms with van der Waals surface area (Å²) in [5, 5.41) is 31.2. The quantitative estimate of drug-likeness (QED) is 0.0437. The molecular formula is C40H73N5O13. The normalized spacial score (nSPS) is 11.4. The van der Waals surface area contributed by atoms with Gasteiger partial charge >= 0.3 is 11.9 Å². The SMILES string of the molecule is CCC(=O)NCCNC(=O)COCCOCCNC(=O)COCCOCCNC(=O)CCC(NC(=O)CCCCCCCCCCCCCCCCC(=O)O)C(=O)O. The van der Waals surface area contributed by atoms with E-state index in [1.807, 2.05) is 0 Å². The standard InChI is InChI=1S/C40H73N5O13/c1-2-34(46)41-21-22-42-37(49)31-57-29-28-56-26-24-44-38(50)32-58-30-27-55-25-23-43-35(47)20-19-33(40(53)54)45-36(48)17-15-13-11-9-7-5-3-4-6-8-10-12-14-16-18-39(51)52/h33H,2-32H2,1H3,(H,41,46)(H,42,49)(H,43,47)(H,44,50)(H,45,48)(H,51,52)(H,53,54). The predicted molar refractivity (Wildman–Crippen MR) is 216 cm³/mol. The molecule has 0 heterocycles. The van der Waals surface area contributed by atoms with E-state index >= 15 is 0 Å². The molecule has 5 amide bonds. The van der Waals surface area contributed by atoms with Crippen LogP contribution in [-0.2, 0) is 52.5 Å². The average molecular weight is 832 g/mol. The van der Waals surface area contributed by atoms with E-state index in [1.54, 1.807) is 6.92 Å². The topological polar surface area (TPSA) is 257 Å². The molecule has 0 fully saturated rings. The third-order valence-corrected chi connectivity index (χ3v) is 8.78. The van der Waals surface area contributed by atoms with Crippen molar-refractivity contribution < 1.29 is 62.7 Å². The molecule has 18 nitrogen and oxygen atoms in total. The molecule has 336 valence electrons. The molecule has 1 atom stereocenters. The van der Waals surface area contributed by atoms with Gasteiger partial charge in [-0.3, -0.25) is 28.8 Å². The van der Waals surface area contributed by atoms with Crippen molar-refractivity contribution in [2.75, 3.05) is 79.0 Å². The number of carbonyl (C=O) groups excluding carboxylic acids is 5. The lowest BCUT2D eigenvalue weighted by atomic mass is 10.0. The number of hydrogen-bond donors (Lipinski definition) is 7. The van der Waals surface area contributed by atoms with E-state index in [4.69, 9.17) is 24.1 Å². The van der Waals surface area contributed by atoms with Gasteiger partial charge in [0.05, 0.1) is 39.6 Å². The Morgan fingerprint density at radius 2 is 0.828 bits per heavy atom. The minimum atomic E-state index is -1.18. The maximum Gasteiger partial charge on any atom is 0.326 e. The first-order valence-electron chi connectivity index (χ1n) is 21.2. The molecule has 18 heteroatoms. The van der Waals surface area contributed by atoms with Crippen LogP contribution in [-0.4, -0.2) is 137 Å². The first-order chi connectivity index (χ1) is 28.0. The van der Waals surface area contributed by atoms with Gasteiger partial charge in [-0.2, -0.15) is 0 Å². The fourth-order valence-electron chi connectivity index (χ4n) is 5.50. The molecule has 0 aromatic rings. The summed E-state index contributed by atoms with van der Waals surface area (Å²) in [6.07, 6.45) is 15.9. The fourth-order valence-corrected chi connectivity index (χ4v) is 5.50. The van der Waals surface area contributed by atoms with Crippen molar-refractivity contribution in [1.29, 1.82) is 0 Å². The number of carbonyl (C=O) groups is 7. The van der Waals surface area contributed by atoms with E-state index in [-0.39, 0.29) is 121 Å². The highest BCUT2D eigenvalue weighted by molar-refractivity contribution is 5.84. The van der Waals surface area contributed by atoms with E-state index in [2.05, 4.69) is 26.6 Å². The number of carboxylic acid groups (broad SMARTS) is 2. The number of nitrogens with one attached hydrogen (secondary N) is 5. The molecule has 0 rings (SSSR count). The van der Waals surface area contributed by atoms with Crippen LogP contribution in [0.1, 0.15) is 129 Å². The summed E-state index contributed by atoms with van der Waals surface area (Å²) in [6.45, 7) is 3.89. The minimum absolute atomic E-state index is 0.0268. The minimum Gasteiger partial charge on any atom is -0.481 e. The van der Waals surface area contributed by atoms with Crippen LogP contribution in [0.2, 0.25) is 0 Å². The van der Waals surface area contributed by atoms with E-state index in [9.17, 15) is 38.7 Å². The third-order valence-electron chi connectivity index (χ3n) is 8.78. The summed E-state index contributed by atoms with van der Waals surface area (Å²) >= 11 is 0. The van der Waals surface area contributed by atoms with Crippen LogP contribution < -0.4 is 26.6 Å². The molecule has 0 spiro atoms. The van der Waals surface area contributed by atoms with Crippen LogP contribution in [0.3, 0.4) is 0 Å². The number of aliphatic carboxylic acids is 2. The molecule has 0 saturated heterocycles. The number of unbranched alkanes of at least 4 members (excludes halogenated alkanes) is 13. The highest BCUT2D eigenvalue weighted by Crippen LogP contribution is 2.14. The smallest absolute Gasteiger partial charge is 0.326 e. The Balaban J connectivity index is 3.65. The first-order valence-corrected chi connectivity index (χ1v) is 21.2. The van der Waals surface area contributed by atoms with Crippen LogP contribution in [0, 0.1) is 0 Å². The Kier molecular flexibility index (Phi) is 37.3. The Bertz CT molecular complexity index is 1130. The largest absolute Gasteiger partial charge is 0.481 e. The predicted octanol–water partition coefficient (Wildman–Crippen LogP) is 2.60. The number of hydrogen-bond acceptors (Lipinski definition) is 11.